The molecule has 1 aromatic carbocycles. The topological polar surface area (TPSA) is 43.8 Å². The largest absolute Gasteiger partial charge is 0.320 e. The summed E-state index contributed by atoms with van der Waals surface area (Å²) in [5.41, 5.74) is 10.9. The first-order valence-electron chi connectivity index (χ1n) is 5.41. The van der Waals surface area contributed by atoms with E-state index in [1.54, 1.807) is 0 Å². The molecule has 84 valence electrons. The van der Waals surface area contributed by atoms with Crippen molar-refractivity contribution in [2.75, 3.05) is 0 Å². The van der Waals surface area contributed by atoms with E-state index in [0.717, 1.165) is 11.3 Å². The van der Waals surface area contributed by atoms with Gasteiger partial charge in [-0.05, 0) is 25.0 Å². The van der Waals surface area contributed by atoms with Gasteiger partial charge in [-0.2, -0.15) is 5.10 Å². The smallest absolute Gasteiger partial charge is 0.0588 e. The van der Waals surface area contributed by atoms with Crippen molar-refractivity contribution in [3.05, 3.63) is 52.8 Å². The Kier molecular flexibility index (Phi) is 2.79. The lowest BCUT2D eigenvalue weighted by Gasteiger charge is -2.14. The molecular weight excluding hydrogens is 198 g/mol. The minimum absolute atomic E-state index is 0.0881. The standard InChI is InChI=1S/C13H17N3/c1-9-6-4-5-7-11(9)13(14)12-8-15-16(3)10(12)2/h4-8,13H,14H2,1-3H3. The SMILES string of the molecule is Cc1ccccc1C(N)c1cnn(C)c1C. The molecule has 0 aliphatic heterocycles. The minimum Gasteiger partial charge on any atom is -0.320 e. The van der Waals surface area contributed by atoms with Crippen LogP contribution in [0.3, 0.4) is 0 Å². The molecule has 0 amide bonds. The molecule has 1 unspecified atom stereocenters. The third-order valence-corrected chi connectivity index (χ3v) is 3.13. The van der Waals surface area contributed by atoms with Crippen molar-refractivity contribution < 1.29 is 0 Å². The predicted molar refractivity (Wildman–Crippen MR) is 65.2 cm³/mol. The highest BCUT2D eigenvalue weighted by Crippen LogP contribution is 2.24. The molecular formula is C13H17N3. The van der Waals surface area contributed by atoms with Crippen LogP contribution >= 0.6 is 0 Å². The predicted octanol–water partition coefficient (Wildman–Crippen LogP) is 2.09. The number of nitrogens with two attached hydrogens (primary N) is 1. The number of aryl methyl sites for hydroxylation is 2. The van der Waals surface area contributed by atoms with Crippen LogP contribution in [0, 0.1) is 13.8 Å². The van der Waals surface area contributed by atoms with Gasteiger partial charge in [0, 0.05) is 18.3 Å². The van der Waals surface area contributed by atoms with Crippen LogP contribution in [0.2, 0.25) is 0 Å². The number of rotatable bonds is 2. The summed E-state index contributed by atoms with van der Waals surface area (Å²) >= 11 is 0. The lowest BCUT2D eigenvalue weighted by molar-refractivity contribution is 0.733. The van der Waals surface area contributed by atoms with Crippen molar-refractivity contribution in [1.29, 1.82) is 0 Å². The molecule has 0 aliphatic carbocycles. The fourth-order valence-corrected chi connectivity index (χ4v) is 1.92. The van der Waals surface area contributed by atoms with Crippen LogP contribution in [0.1, 0.15) is 28.4 Å². The van der Waals surface area contributed by atoms with Crippen molar-refractivity contribution in [3.63, 3.8) is 0 Å². The Morgan fingerprint density at radius 1 is 1.19 bits per heavy atom. The number of aromatic nitrogens is 2. The van der Waals surface area contributed by atoms with Crippen molar-refractivity contribution in [2.24, 2.45) is 12.8 Å². The molecule has 1 atom stereocenters. The molecule has 0 fully saturated rings. The minimum atomic E-state index is -0.0881. The summed E-state index contributed by atoms with van der Waals surface area (Å²) in [5, 5.41) is 4.23. The first-order chi connectivity index (χ1) is 7.61. The molecule has 16 heavy (non-hydrogen) atoms. The van der Waals surface area contributed by atoms with E-state index in [-0.39, 0.29) is 6.04 Å². The van der Waals surface area contributed by atoms with E-state index in [1.165, 1.54) is 11.1 Å². The van der Waals surface area contributed by atoms with E-state index in [2.05, 4.69) is 24.2 Å². The summed E-state index contributed by atoms with van der Waals surface area (Å²) in [6.45, 7) is 4.13. The summed E-state index contributed by atoms with van der Waals surface area (Å²) in [6, 6.07) is 8.12. The van der Waals surface area contributed by atoms with E-state index in [1.807, 2.05) is 37.0 Å². The number of hydrogen-bond donors (Lipinski definition) is 1. The molecule has 0 saturated heterocycles. The third-order valence-electron chi connectivity index (χ3n) is 3.13. The average Bonchev–Trinajstić information content (AvgIpc) is 2.60. The first kappa shape index (κ1) is 10.9. The number of hydrogen-bond acceptors (Lipinski definition) is 2. The second-order valence-electron chi connectivity index (χ2n) is 4.14. The highest BCUT2D eigenvalue weighted by atomic mass is 15.3. The maximum absolute atomic E-state index is 6.28. The van der Waals surface area contributed by atoms with Crippen molar-refractivity contribution in [1.82, 2.24) is 9.78 Å². The van der Waals surface area contributed by atoms with Crippen LogP contribution < -0.4 is 5.73 Å². The van der Waals surface area contributed by atoms with E-state index in [9.17, 15) is 0 Å². The monoisotopic (exact) mass is 215 g/mol. The van der Waals surface area contributed by atoms with Crippen LogP contribution in [0.25, 0.3) is 0 Å². The van der Waals surface area contributed by atoms with Gasteiger partial charge in [0.2, 0.25) is 0 Å². The van der Waals surface area contributed by atoms with Gasteiger partial charge in [-0.1, -0.05) is 24.3 Å². The van der Waals surface area contributed by atoms with Gasteiger partial charge in [-0.15, -0.1) is 0 Å². The van der Waals surface area contributed by atoms with E-state index >= 15 is 0 Å². The number of nitrogens with zero attached hydrogens (tertiary/aromatic N) is 2. The van der Waals surface area contributed by atoms with Gasteiger partial charge in [-0.25, -0.2) is 0 Å². The zero-order valence-electron chi connectivity index (χ0n) is 9.94. The Labute approximate surface area is 95.9 Å². The van der Waals surface area contributed by atoms with E-state index in [0.29, 0.717) is 0 Å². The average molecular weight is 215 g/mol. The Bertz CT molecular complexity index is 500. The lowest BCUT2D eigenvalue weighted by Crippen LogP contribution is -2.14. The quantitative estimate of drug-likeness (QED) is 0.833. The molecule has 2 rings (SSSR count). The second-order valence-corrected chi connectivity index (χ2v) is 4.14. The lowest BCUT2D eigenvalue weighted by atomic mass is 9.96. The van der Waals surface area contributed by atoms with Crippen molar-refractivity contribution in [2.45, 2.75) is 19.9 Å². The summed E-state index contributed by atoms with van der Waals surface area (Å²) in [5.74, 6) is 0. The summed E-state index contributed by atoms with van der Waals surface area (Å²) in [6.07, 6.45) is 1.85. The molecule has 0 aliphatic rings. The van der Waals surface area contributed by atoms with Gasteiger partial charge in [0.25, 0.3) is 0 Å². The Morgan fingerprint density at radius 2 is 1.88 bits per heavy atom. The fraction of sp³-hybridized carbons (Fsp3) is 0.308. The summed E-state index contributed by atoms with van der Waals surface area (Å²) in [7, 11) is 1.93. The normalized spacial score (nSPS) is 12.8. The third kappa shape index (κ3) is 1.74. The molecule has 2 aromatic rings. The maximum Gasteiger partial charge on any atom is 0.0588 e. The zero-order chi connectivity index (χ0) is 11.7. The molecule has 1 aromatic heterocycles. The number of benzene rings is 1. The van der Waals surface area contributed by atoms with Crippen molar-refractivity contribution in [3.8, 4) is 0 Å². The van der Waals surface area contributed by atoms with Gasteiger partial charge in [0.05, 0.1) is 12.2 Å². The Morgan fingerprint density at radius 3 is 2.44 bits per heavy atom. The highest BCUT2D eigenvalue weighted by molar-refractivity contribution is 5.37. The zero-order valence-corrected chi connectivity index (χ0v) is 9.94. The molecule has 0 bridgehead atoms. The Hall–Kier alpha value is -1.61. The van der Waals surface area contributed by atoms with Gasteiger partial charge >= 0.3 is 0 Å². The molecule has 1 heterocycles. The van der Waals surface area contributed by atoms with Crippen LogP contribution in [-0.2, 0) is 7.05 Å². The van der Waals surface area contributed by atoms with Gasteiger partial charge < -0.3 is 5.73 Å². The van der Waals surface area contributed by atoms with Gasteiger partial charge in [0.1, 0.15) is 0 Å². The van der Waals surface area contributed by atoms with Crippen LogP contribution in [0.15, 0.2) is 30.5 Å². The van der Waals surface area contributed by atoms with Gasteiger partial charge in [0.15, 0.2) is 0 Å². The van der Waals surface area contributed by atoms with Crippen molar-refractivity contribution >= 4 is 0 Å². The van der Waals surface area contributed by atoms with E-state index < -0.39 is 0 Å². The van der Waals surface area contributed by atoms with Crippen LogP contribution in [0.5, 0.6) is 0 Å². The molecule has 2 N–H and O–H groups in total. The second kappa shape index (κ2) is 4.10. The summed E-state index contributed by atoms with van der Waals surface area (Å²) < 4.78 is 1.85. The molecule has 3 heteroatoms. The maximum atomic E-state index is 6.28. The molecule has 3 nitrogen and oxygen atoms in total. The van der Waals surface area contributed by atoms with E-state index in [4.69, 9.17) is 5.73 Å². The van der Waals surface area contributed by atoms with Gasteiger partial charge in [-0.3, -0.25) is 4.68 Å². The molecule has 0 saturated carbocycles. The van der Waals surface area contributed by atoms with Crippen LogP contribution in [-0.4, -0.2) is 9.78 Å². The molecule has 0 radical (unpaired) electrons. The van der Waals surface area contributed by atoms with Crippen LogP contribution in [0.4, 0.5) is 0 Å². The first-order valence-corrected chi connectivity index (χ1v) is 5.41. The summed E-state index contributed by atoms with van der Waals surface area (Å²) in [4.78, 5) is 0. The molecule has 0 spiro atoms. The Balaban J connectivity index is 2.43. The highest BCUT2D eigenvalue weighted by Gasteiger charge is 2.15. The fourth-order valence-electron chi connectivity index (χ4n) is 1.92.